The minimum absolute atomic E-state index is 0.359. The molecule has 0 aliphatic rings. The lowest BCUT2D eigenvalue weighted by Gasteiger charge is -2.23. The number of carboxylic acid groups (broad SMARTS) is 1. The molecule has 92 valence electrons. The lowest BCUT2D eigenvalue weighted by molar-refractivity contribution is -0.160. The zero-order chi connectivity index (χ0) is 12.9. The highest BCUT2D eigenvalue weighted by Gasteiger charge is 2.27. The first-order valence-corrected chi connectivity index (χ1v) is 4.79. The van der Waals surface area contributed by atoms with E-state index in [4.69, 9.17) is 9.84 Å². The van der Waals surface area contributed by atoms with Crippen LogP contribution >= 0.6 is 0 Å². The second kappa shape index (κ2) is 5.48. The molecule has 6 nitrogen and oxygen atoms in total. The number of carbonyl (C=O) groups excluding carboxylic acids is 2. The molecule has 0 bridgehead atoms. The van der Waals surface area contributed by atoms with E-state index in [2.05, 4.69) is 0 Å². The number of hydrogen-bond donors (Lipinski definition) is 1. The molecule has 1 unspecified atom stereocenters. The van der Waals surface area contributed by atoms with Crippen molar-refractivity contribution in [2.24, 2.45) is 0 Å². The van der Waals surface area contributed by atoms with Crippen LogP contribution in [0.4, 0.5) is 0 Å². The fourth-order valence-corrected chi connectivity index (χ4v) is 1.02. The van der Waals surface area contributed by atoms with E-state index >= 15 is 0 Å². The first kappa shape index (κ1) is 14.4. The van der Waals surface area contributed by atoms with Crippen LogP contribution in [0.3, 0.4) is 0 Å². The monoisotopic (exact) mass is 231 g/mol. The van der Waals surface area contributed by atoms with Crippen LogP contribution in [0.5, 0.6) is 0 Å². The van der Waals surface area contributed by atoms with Crippen molar-refractivity contribution < 1.29 is 24.2 Å². The summed E-state index contributed by atoms with van der Waals surface area (Å²) >= 11 is 0. The van der Waals surface area contributed by atoms with E-state index in [-0.39, 0.29) is 6.42 Å². The first-order chi connectivity index (χ1) is 7.17. The van der Waals surface area contributed by atoms with Gasteiger partial charge in [0.05, 0.1) is 6.42 Å². The molecule has 0 spiro atoms. The van der Waals surface area contributed by atoms with Crippen LogP contribution in [0.2, 0.25) is 0 Å². The summed E-state index contributed by atoms with van der Waals surface area (Å²) in [6.45, 7) is 5.05. The van der Waals surface area contributed by atoms with Crippen LogP contribution in [0.15, 0.2) is 0 Å². The van der Waals surface area contributed by atoms with E-state index in [0.717, 1.165) is 4.90 Å². The Morgan fingerprint density at radius 1 is 1.44 bits per heavy atom. The number of nitrogens with zero attached hydrogens (tertiary/aromatic N) is 1. The quantitative estimate of drug-likeness (QED) is 0.542. The van der Waals surface area contributed by atoms with E-state index < -0.39 is 23.6 Å². The van der Waals surface area contributed by atoms with Gasteiger partial charge in [0, 0.05) is 7.05 Å². The van der Waals surface area contributed by atoms with Crippen LogP contribution in [-0.2, 0) is 19.1 Å². The van der Waals surface area contributed by atoms with E-state index in [1.807, 2.05) is 0 Å². The van der Waals surface area contributed by atoms with Crippen molar-refractivity contribution in [3.63, 3.8) is 0 Å². The number of hydrogen-bond acceptors (Lipinski definition) is 4. The Labute approximate surface area is 94.2 Å². The summed E-state index contributed by atoms with van der Waals surface area (Å²) in [4.78, 5) is 33.5. The van der Waals surface area contributed by atoms with Crippen molar-refractivity contribution in [2.75, 3.05) is 7.05 Å². The molecule has 0 heterocycles. The average Bonchev–Trinajstić information content (AvgIpc) is 2.09. The number of likely N-dealkylation sites (N-methyl/N-ethyl adjacent to an activating group) is 1. The molecule has 0 radical (unpaired) electrons. The van der Waals surface area contributed by atoms with Crippen molar-refractivity contribution in [3.05, 3.63) is 0 Å². The lowest BCUT2D eigenvalue weighted by atomic mass is 10.1. The highest BCUT2D eigenvalue weighted by molar-refractivity contribution is 5.83. The third-order valence-corrected chi connectivity index (χ3v) is 1.72. The lowest BCUT2D eigenvalue weighted by Crippen LogP contribution is -2.40. The molecule has 6 heteroatoms. The van der Waals surface area contributed by atoms with Crippen molar-refractivity contribution in [1.82, 2.24) is 4.90 Å². The molecule has 0 aromatic heterocycles. The Hall–Kier alpha value is -1.59. The molecule has 0 saturated carbocycles. The summed E-state index contributed by atoms with van der Waals surface area (Å²) in [6, 6.07) is -1.19. The topological polar surface area (TPSA) is 83.9 Å². The number of ether oxygens (including phenoxy) is 1. The van der Waals surface area contributed by atoms with Crippen molar-refractivity contribution >= 4 is 18.3 Å². The second-order valence-electron chi connectivity index (χ2n) is 4.42. The van der Waals surface area contributed by atoms with Crippen LogP contribution in [0.1, 0.15) is 27.2 Å². The Balaban J connectivity index is 4.47. The maximum Gasteiger partial charge on any atom is 0.327 e. The van der Waals surface area contributed by atoms with Crippen LogP contribution < -0.4 is 0 Å². The molecule has 0 aliphatic carbocycles. The Morgan fingerprint density at radius 2 is 1.94 bits per heavy atom. The van der Waals surface area contributed by atoms with Gasteiger partial charge in [0.2, 0.25) is 6.41 Å². The van der Waals surface area contributed by atoms with Crippen molar-refractivity contribution in [2.45, 2.75) is 38.8 Å². The normalized spacial score (nSPS) is 12.8. The number of amides is 1. The van der Waals surface area contributed by atoms with Gasteiger partial charge in [-0.2, -0.15) is 0 Å². The van der Waals surface area contributed by atoms with E-state index in [9.17, 15) is 14.4 Å². The van der Waals surface area contributed by atoms with Crippen LogP contribution in [0, 0.1) is 0 Å². The molecule has 0 saturated heterocycles. The maximum absolute atomic E-state index is 11.4. The molecule has 1 amide bonds. The predicted molar refractivity (Wildman–Crippen MR) is 55.7 cm³/mol. The highest BCUT2D eigenvalue weighted by atomic mass is 16.6. The average molecular weight is 231 g/mol. The molecule has 0 rings (SSSR count). The SMILES string of the molecule is CN(C=O)C(CC(=O)OC(C)(C)C)C(=O)O. The minimum atomic E-state index is -1.24. The zero-order valence-corrected chi connectivity index (χ0v) is 9.89. The molecular formula is C10H17NO5. The van der Waals surface area contributed by atoms with Gasteiger partial charge in [-0.05, 0) is 20.8 Å². The van der Waals surface area contributed by atoms with Crippen LogP contribution in [-0.4, -0.2) is 47.0 Å². The summed E-state index contributed by atoms with van der Waals surface area (Å²) in [7, 11) is 1.30. The summed E-state index contributed by atoms with van der Waals surface area (Å²) in [6.07, 6.45) is 0.00496. The van der Waals surface area contributed by atoms with Gasteiger partial charge in [-0.1, -0.05) is 0 Å². The fourth-order valence-electron chi connectivity index (χ4n) is 1.02. The number of esters is 1. The second-order valence-corrected chi connectivity index (χ2v) is 4.42. The predicted octanol–water partition coefficient (Wildman–Crippen LogP) is 0.260. The maximum atomic E-state index is 11.4. The Morgan fingerprint density at radius 3 is 2.25 bits per heavy atom. The van der Waals surface area contributed by atoms with Gasteiger partial charge in [0.1, 0.15) is 11.6 Å². The smallest absolute Gasteiger partial charge is 0.327 e. The highest BCUT2D eigenvalue weighted by Crippen LogP contribution is 2.11. The molecule has 16 heavy (non-hydrogen) atoms. The standard InChI is InChI=1S/C10H17NO5/c1-10(2,3)16-8(13)5-7(9(14)15)11(4)6-12/h6-7H,5H2,1-4H3,(H,14,15). The summed E-state index contributed by atoms with van der Waals surface area (Å²) in [5.74, 6) is -1.88. The van der Waals surface area contributed by atoms with Gasteiger partial charge in [-0.25, -0.2) is 4.79 Å². The molecule has 0 fully saturated rings. The number of carbonyl (C=O) groups is 3. The minimum Gasteiger partial charge on any atom is -0.480 e. The number of rotatable bonds is 5. The van der Waals surface area contributed by atoms with E-state index in [1.165, 1.54) is 7.05 Å². The summed E-state index contributed by atoms with van der Waals surface area (Å²) < 4.78 is 4.97. The number of aliphatic carboxylic acids is 1. The van der Waals surface area contributed by atoms with Gasteiger partial charge in [-0.3, -0.25) is 9.59 Å². The summed E-state index contributed by atoms with van der Waals surface area (Å²) in [5, 5.41) is 8.81. The third-order valence-electron chi connectivity index (χ3n) is 1.72. The van der Waals surface area contributed by atoms with Gasteiger partial charge in [-0.15, -0.1) is 0 Å². The van der Waals surface area contributed by atoms with Crippen molar-refractivity contribution in [3.8, 4) is 0 Å². The molecule has 0 aliphatic heterocycles. The molecular weight excluding hydrogens is 214 g/mol. The van der Waals surface area contributed by atoms with Gasteiger partial charge in [0.15, 0.2) is 0 Å². The zero-order valence-electron chi connectivity index (χ0n) is 9.89. The third kappa shape index (κ3) is 5.33. The summed E-state index contributed by atoms with van der Waals surface area (Å²) in [5.41, 5.74) is -0.667. The van der Waals surface area contributed by atoms with Gasteiger partial charge >= 0.3 is 11.9 Å². The molecule has 0 aromatic rings. The van der Waals surface area contributed by atoms with Gasteiger partial charge in [0.25, 0.3) is 0 Å². The fraction of sp³-hybridized carbons (Fsp3) is 0.700. The van der Waals surface area contributed by atoms with E-state index in [0.29, 0.717) is 6.41 Å². The van der Waals surface area contributed by atoms with Gasteiger partial charge < -0.3 is 14.7 Å². The molecule has 1 atom stereocenters. The Bertz CT molecular complexity index is 281. The first-order valence-electron chi connectivity index (χ1n) is 4.79. The number of carboxylic acids is 1. The molecule has 0 aromatic carbocycles. The Kier molecular flexibility index (Phi) is 4.94. The van der Waals surface area contributed by atoms with Crippen LogP contribution in [0.25, 0.3) is 0 Å². The molecule has 1 N–H and O–H groups in total. The van der Waals surface area contributed by atoms with Crippen molar-refractivity contribution in [1.29, 1.82) is 0 Å². The van der Waals surface area contributed by atoms with E-state index in [1.54, 1.807) is 20.8 Å². The largest absolute Gasteiger partial charge is 0.480 e.